The first-order valence-corrected chi connectivity index (χ1v) is 4.21. The van der Waals surface area contributed by atoms with E-state index in [1.807, 2.05) is 6.08 Å². The van der Waals surface area contributed by atoms with E-state index in [1.165, 1.54) is 19.3 Å². The van der Waals surface area contributed by atoms with Crippen molar-refractivity contribution < 1.29 is 9.53 Å². The van der Waals surface area contributed by atoms with Gasteiger partial charge in [0.2, 0.25) is 0 Å². The maximum Gasteiger partial charge on any atom is 0.331 e. The molecule has 0 aromatic heterocycles. The third-order valence-corrected chi connectivity index (χ3v) is 1.24. The van der Waals surface area contributed by atoms with Gasteiger partial charge in [-0.15, -0.1) is 0 Å². The van der Waals surface area contributed by atoms with E-state index in [2.05, 4.69) is 23.5 Å². The van der Waals surface area contributed by atoms with E-state index in [1.54, 1.807) is 6.08 Å². The minimum atomic E-state index is -0.383. The van der Waals surface area contributed by atoms with E-state index in [0.29, 0.717) is 0 Å². The lowest BCUT2D eigenvalue weighted by molar-refractivity contribution is -0.134. The zero-order valence-electron chi connectivity index (χ0n) is 8.04. The first kappa shape index (κ1) is 11.5. The molecule has 0 unspecified atom stereocenters. The van der Waals surface area contributed by atoms with Crippen molar-refractivity contribution in [3.63, 3.8) is 0 Å². The standard InChI is InChI=1S/C11H14O2/c1-3-4-5-6-7-8-9-10-11(12)13-2/h5-6,9-10H,3-4H2,1-2H3/b6-5+,10-9+. The number of carbonyl (C=O) groups is 1. The molecule has 0 aliphatic heterocycles. The summed E-state index contributed by atoms with van der Waals surface area (Å²) in [7, 11) is 1.33. The number of carbonyl (C=O) groups excluding carboxylic acids is 1. The van der Waals surface area contributed by atoms with Crippen molar-refractivity contribution in [2.75, 3.05) is 7.11 Å². The molecule has 0 aromatic rings. The van der Waals surface area contributed by atoms with Crippen LogP contribution in [0.15, 0.2) is 24.3 Å². The number of rotatable bonds is 3. The molecule has 0 aliphatic rings. The molecule has 0 fully saturated rings. The van der Waals surface area contributed by atoms with Gasteiger partial charge in [0.25, 0.3) is 0 Å². The normalized spacial score (nSPS) is 10.0. The van der Waals surface area contributed by atoms with Crippen LogP contribution in [0.1, 0.15) is 19.8 Å². The summed E-state index contributed by atoms with van der Waals surface area (Å²) in [6.45, 7) is 2.11. The van der Waals surface area contributed by atoms with E-state index in [4.69, 9.17) is 0 Å². The van der Waals surface area contributed by atoms with Gasteiger partial charge in [0.15, 0.2) is 0 Å². The Kier molecular flexibility index (Phi) is 7.62. The largest absolute Gasteiger partial charge is 0.466 e. The third-order valence-electron chi connectivity index (χ3n) is 1.24. The van der Waals surface area contributed by atoms with Gasteiger partial charge in [0, 0.05) is 6.08 Å². The molecule has 0 N–H and O–H groups in total. The molecule has 0 saturated heterocycles. The molecule has 0 spiro atoms. The molecule has 13 heavy (non-hydrogen) atoms. The Morgan fingerprint density at radius 1 is 1.38 bits per heavy atom. The summed E-state index contributed by atoms with van der Waals surface area (Å²) in [6.07, 6.45) is 8.71. The topological polar surface area (TPSA) is 26.3 Å². The van der Waals surface area contributed by atoms with Gasteiger partial charge in [-0.3, -0.25) is 0 Å². The minimum Gasteiger partial charge on any atom is -0.466 e. The van der Waals surface area contributed by atoms with Crippen LogP contribution in [0.25, 0.3) is 0 Å². The highest BCUT2D eigenvalue weighted by Crippen LogP contribution is 1.86. The second-order valence-corrected chi connectivity index (χ2v) is 2.34. The van der Waals surface area contributed by atoms with Crippen molar-refractivity contribution in [2.45, 2.75) is 19.8 Å². The summed E-state index contributed by atoms with van der Waals surface area (Å²) >= 11 is 0. The molecular weight excluding hydrogens is 164 g/mol. The number of hydrogen-bond donors (Lipinski definition) is 0. The van der Waals surface area contributed by atoms with E-state index < -0.39 is 0 Å². The highest BCUT2D eigenvalue weighted by Gasteiger charge is 1.85. The second-order valence-electron chi connectivity index (χ2n) is 2.34. The summed E-state index contributed by atoms with van der Waals surface area (Å²) in [4.78, 5) is 10.6. The average Bonchev–Trinajstić information content (AvgIpc) is 2.16. The molecule has 0 saturated carbocycles. The van der Waals surface area contributed by atoms with Crippen LogP contribution in [0.5, 0.6) is 0 Å². The zero-order valence-corrected chi connectivity index (χ0v) is 8.04. The van der Waals surface area contributed by atoms with Crippen molar-refractivity contribution in [3.05, 3.63) is 24.3 Å². The lowest BCUT2D eigenvalue weighted by Gasteiger charge is -1.84. The lowest BCUT2D eigenvalue weighted by Crippen LogP contribution is -1.92. The van der Waals surface area contributed by atoms with Gasteiger partial charge in [-0.2, -0.15) is 0 Å². The number of unbranched alkanes of at least 4 members (excludes halogenated alkanes) is 1. The molecular formula is C11H14O2. The number of ether oxygens (including phenoxy) is 1. The quantitative estimate of drug-likeness (QED) is 0.375. The fourth-order valence-corrected chi connectivity index (χ4v) is 0.583. The van der Waals surface area contributed by atoms with E-state index in [0.717, 1.165) is 12.8 Å². The highest BCUT2D eigenvalue weighted by molar-refractivity contribution is 5.82. The monoisotopic (exact) mass is 178 g/mol. The van der Waals surface area contributed by atoms with Gasteiger partial charge in [-0.25, -0.2) is 4.79 Å². The van der Waals surface area contributed by atoms with Crippen LogP contribution < -0.4 is 0 Å². The lowest BCUT2D eigenvalue weighted by atomic mass is 10.3. The molecule has 2 nitrogen and oxygen atoms in total. The van der Waals surface area contributed by atoms with Crippen LogP contribution >= 0.6 is 0 Å². The maximum absolute atomic E-state index is 10.6. The number of methoxy groups -OCH3 is 1. The highest BCUT2D eigenvalue weighted by atomic mass is 16.5. The molecule has 0 rings (SSSR count). The summed E-state index contributed by atoms with van der Waals surface area (Å²) in [5.41, 5.74) is 0. The number of hydrogen-bond acceptors (Lipinski definition) is 2. The van der Waals surface area contributed by atoms with Gasteiger partial charge in [-0.05, 0) is 18.6 Å². The Bertz CT molecular complexity index is 251. The van der Waals surface area contributed by atoms with Crippen LogP contribution in [0, 0.1) is 11.8 Å². The average molecular weight is 178 g/mol. The second kappa shape index (κ2) is 8.61. The van der Waals surface area contributed by atoms with Crippen molar-refractivity contribution in [2.24, 2.45) is 0 Å². The number of esters is 1. The molecule has 0 bridgehead atoms. The molecule has 2 heteroatoms. The smallest absolute Gasteiger partial charge is 0.331 e. The Morgan fingerprint density at radius 3 is 2.69 bits per heavy atom. The molecule has 0 aliphatic carbocycles. The summed E-state index contributed by atoms with van der Waals surface area (Å²) in [6, 6.07) is 0. The van der Waals surface area contributed by atoms with Crippen molar-refractivity contribution in [3.8, 4) is 11.8 Å². The van der Waals surface area contributed by atoms with E-state index in [-0.39, 0.29) is 5.97 Å². The molecule has 0 aromatic carbocycles. The first-order valence-electron chi connectivity index (χ1n) is 4.21. The van der Waals surface area contributed by atoms with Gasteiger partial charge in [-0.1, -0.05) is 31.3 Å². The van der Waals surface area contributed by atoms with Crippen LogP contribution in [0.3, 0.4) is 0 Å². The van der Waals surface area contributed by atoms with E-state index in [9.17, 15) is 4.79 Å². The van der Waals surface area contributed by atoms with Crippen molar-refractivity contribution in [1.29, 1.82) is 0 Å². The van der Waals surface area contributed by atoms with Crippen LogP contribution in [0.2, 0.25) is 0 Å². The third kappa shape index (κ3) is 8.42. The predicted octanol–water partition coefficient (Wildman–Crippen LogP) is 2.08. The maximum atomic E-state index is 10.6. The Hall–Kier alpha value is -1.49. The van der Waals surface area contributed by atoms with Gasteiger partial charge < -0.3 is 4.74 Å². The molecule has 0 heterocycles. The zero-order chi connectivity index (χ0) is 9.94. The summed E-state index contributed by atoms with van der Waals surface area (Å²) in [5, 5.41) is 0. The minimum absolute atomic E-state index is 0.383. The van der Waals surface area contributed by atoms with Gasteiger partial charge >= 0.3 is 5.97 Å². The van der Waals surface area contributed by atoms with Gasteiger partial charge in [0.1, 0.15) is 0 Å². The predicted molar refractivity (Wildman–Crippen MR) is 53.0 cm³/mol. The van der Waals surface area contributed by atoms with Crippen LogP contribution in [-0.2, 0) is 9.53 Å². The van der Waals surface area contributed by atoms with E-state index >= 15 is 0 Å². The molecule has 0 radical (unpaired) electrons. The molecule has 0 amide bonds. The van der Waals surface area contributed by atoms with Crippen LogP contribution in [-0.4, -0.2) is 13.1 Å². The number of allylic oxidation sites excluding steroid dienone is 3. The Balaban J connectivity index is 3.72. The SMILES string of the molecule is CCC/C=C/C#C/C=C/C(=O)OC. The van der Waals surface area contributed by atoms with Crippen molar-refractivity contribution in [1.82, 2.24) is 0 Å². The molecule has 70 valence electrons. The Morgan fingerprint density at radius 2 is 2.08 bits per heavy atom. The van der Waals surface area contributed by atoms with Gasteiger partial charge in [0.05, 0.1) is 7.11 Å². The van der Waals surface area contributed by atoms with Crippen LogP contribution in [0.4, 0.5) is 0 Å². The first-order chi connectivity index (χ1) is 6.31. The Labute approximate surface area is 79.3 Å². The fourth-order valence-electron chi connectivity index (χ4n) is 0.583. The summed E-state index contributed by atoms with van der Waals surface area (Å²) < 4.78 is 4.38. The molecule has 0 atom stereocenters. The fraction of sp³-hybridized carbons (Fsp3) is 0.364. The summed E-state index contributed by atoms with van der Waals surface area (Å²) in [5.74, 6) is 5.08. The van der Waals surface area contributed by atoms with Crippen molar-refractivity contribution >= 4 is 5.97 Å².